The number of nitrogens with one attached hydrogen (secondary N) is 2. The van der Waals surface area contributed by atoms with Gasteiger partial charge in [-0.2, -0.15) is 0 Å². The normalized spacial score (nSPS) is 17.8. The van der Waals surface area contributed by atoms with Crippen LogP contribution >= 0.6 is 11.8 Å². The first-order valence-corrected chi connectivity index (χ1v) is 7.74. The largest absolute Gasteiger partial charge is 0.394 e. The fraction of sp³-hybridized carbons (Fsp3) is 0.833. The number of aliphatic hydroxyl groups is 2. The summed E-state index contributed by atoms with van der Waals surface area (Å²) >= 11 is 1.18. The molecule has 1 atom stereocenters. The maximum atomic E-state index is 11.5. The Bertz CT molecular complexity index is 295. The molecule has 0 radical (unpaired) electrons. The molecule has 0 aromatic carbocycles. The lowest BCUT2D eigenvalue weighted by atomic mass is 9.96. The van der Waals surface area contributed by atoms with Gasteiger partial charge in [-0.05, 0) is 12.8 Å². The van der Waals surface area contributed by atoms with Gasteiger partial charge in [-0.3, -0.25) is 10.1 Å². The smallest absolute Gasteiger partial charge is 0.321 e. The van der Waals surface area contributed by atoms with Crippen LogP contribution in [-0.4, -0.2) is 52.4 Å². The van der Waals surface area contributed by atoms with Crippen LogP contribution in [0.15, 0.2) is 0 Å². The van der Waals surface area contributed by atoms with Crippen LogP contribution in [-0.2, 0) is 4.79 Å². The van der Waals surface area contributed by atoms with E-state index in [1.54, 1.807) is 0 Å². The third kappa shape index (κ3) is 7.39. The number of carbonyl (C=O) groups is 2. The number of hydrogen-bond acceptors (Lipinski definition) is 5. The van der Waals surface area contributed by atoms with Gasteiger partial charge < -0.3 is 15.5 Å². The van der Waals surface area contributed by atoms with E-state index in [-0.39, 0.29) is 30.1 Å². The highest BCUT2D eigenvalue weighted by atomic mass is 32.2. The summed E-state index contributed by atoms with van der Waals surface area (Å²) in [5, 5.41) is 22.7. The maximum absolute atomic E-state index is 11.5. The summed E-state index contributed by atoms with van der Waals surface area (Å²) in [6.45, 7) is -0.323. The molecule has 0 spiro atoms. The summed E-state index contributed by atoms with van der Waals surface area (Å²) in [7, 11) is 0. The molecule has 0 aromatic heterocycles. The zero-order valence-electron chi connectivity index (χ0n) is 10.9. The van der Waals surface area contributed by atoms with Crippen molar-refractivity contribution in [2.45, 2.75) is 44.2 Å². The molecular weight excluding hydrogens is 268 g/mol. The van der Waals surface area contributed by atoms with Gasteiger partial charge in [0.05, 0.1) is 18.5 Å². The lowest BCUT2D eigenvalue weighted by Gasteiger charge is -2.22. The highest BCUT2D eigenvalue weighted by Crippen LogP contribution is 2.17. The SMILES string of the molecule is O=C(CSCC(O)CO)NC(=O)NC1CCCCC1. The van der Waals surface area contributed by atoms with Crippen LogP contribution in [0.5, 0.6) is 0 Å². The van der Waals surface area contributed by atoms with Crippen molar-refractivity contribution in [1.29, 1.82) is 0 Å². The molecule has 110 valence electrons. The van der Waals surface area contributed by atoms with Crippen LogP contribution in [0.3, 0.4) is 0 Å². The van der Waals surface area contributed by atoms with E-state index >= 15 is 0 Å². The minimum Gasteiger partial charge on any atom is -0.394 e. The van der Waals surface area contributed by atoms with E-state index in [2.05, 4.69) is 10.6 Å². The fourth-order valence-corrected chi connectivity index (χ4v) is 2.72. The zero-order chi connectivity index (χ0) is 14.1. The molecule has 7 heteroatoms. The predicted molar refractivity (Wildman–Crippen MR) is 74.0 cm³/mol. The van der Waals surface area contributed by atoms with Gasteiger partial charge in [-0.1, -0.05) is 19.3 Å². The number of urea groups is 1. The summed E-state index contributed by atoms with van der Waals surface area (Å²) in [5.74, 6) is -0.0213. The Morgan fingerprint density at radius 1 is 1.26 bits per heavy atom. The van der Waals surface area contributed by atoms with Crippen LogP contribution in [0, 0.1) is 0 Å². The van der Waals surface area contributed by atoms with E-state index in [0.717, 1.165) is 25.7 Å². The van der Waals surface area contributed by atoms with E-state index in [0.29, 0.717) is 0 Å². The van der Waals surface area contributed by atoms with Crippen LogP contribution in [0.1, 0.15) is 32.1 Å². The average molecular weight is 290 g/mol. The maximum Gasteiger partial charge on any atom is 0.321 e. The molecule has 1 unspecified atom stereocenters. The molecule has 0 saturated heterocycles. The van der Waals surface area contributed by atoms with Crippen molar-refractivity contribution in [2.24, 2.45) is 0 Å². The Morgan fingerprint density at radius 2 is 1.95 bits per heavy atom. The first-order chi connectivity index (χ1) is 9.11. The monoisotopic (exact) mass is 290 g/mol. The first kappa shape index (κ1) is 16.3. The molecule has 1 aliphatic carbocycles. The number of rotatable bonds is 6. The molecule has 1 saturated carbocycles. The van der Waals surface area contributed by atoms with Gasteiger partial charge in [0.1, 0.15) is 0 Å². The predicted octanol–water partition coefficient (Wildman–Crippen LogP) is 0.231. The van der Waals surface area contributed by atoms with E-state index in [1.807, 2.05) is 0 Å². The Labute approximate surface area is 117 Å². The molecule has 19 heavy (non-hydrogen) atoms. The summed E-state index contributed by atoms with van der Waals surface area (Å²) < 4.78 is 0. The lowest BCUT2D eigenvalue weighted by molar-refractivity contribution is -0.117. The van der Waals surface area contributed by atoms with Gasteiger partial charge in [0.25, 0.3) is 0 Å². The van der Waals surface area contributed by atoms with Gasteiger partial charge in [-0.25, -0.2) is 4.79 Å². The molecule has 3 amide bonds. The second kappa shape index (κ2) is 9.17. The molecular formula is C12H22N2O4S. The number of carbonyl (C=O) groups excluding carboxylic acids is 2. The zero-order valence-corrected chi connectivity index (χ0v) is 11.7. The molecule has 0 heterocycles. The Hall–Kier alpha value is -0.790. The van der Waals surface area contributed by atoms with Gasteiger partial charge in [0.15, 0.2) is 0 Å². The second-order valence-electron chi connectivity index (χ2n) is 4.71. The highest BCUT2D eigenvalue weighted by molar-refractivity contribution is 7.99. The van der Waals surface area contributed by atoms with Crippen molar-refractivity contribution < 1.29 is 19.8 Å². The molecule has 1 fully saturated rings. The summed E-state index contributed by atoms with van der Waals surface area (Å²) in [4.78, 5) is 23.0. The lowest BCUT2D eigenvalue weighted by Crippen LogP contribution is -2.45. The minimum absolute atomic E-state index is 0.0924. The van der Waals surface area contributed by atoms with E-state index < -0.39 is 12.1 Å². The molecule has 0 aliphatic heterocycles. The van der Waals surface area contributed by atoms with E-state index in [4.69, 9.17) is 10.2 Å². The highest BCUT2D eigenvalue weighted by Gasteiger charge is 2.16. The van der Waals surface area contributed by atoms with Crippen LogP contribution in [0.4, 0.5) is 4.79 Å². The van der Waals surface area contributed by atoms with Gasteiger partial charge in [0, 0.05) is 11.8 Å². The average Bonchev–Trinajstić information content (AvgIpc) is 2.39. The molecule has 1 rings (SSSR count). The Balaban J connectivity index is 2.11. The molecule has 0 bridgehead atoms. The molecule has 0 aromatic rings. The van der Waals surface area contributed by atoms with Crippen LogP contribution in [0.2, 0.25) is 0 Å². The van der Waals surface area contributed by atoms with Crippen LogP contribution < -0.4 is 10.6 Å². The molecule has 6 nitrogen and oxygen atoms in total. The van der Waals surface area contributed by atoms with Crippen molar-refractivity contribution >= 4 is 23.7 Å². The summed E-state index contributed by atoms with van der Waals surface area (Å²) in [5.41, 5.74) is 0. The van der Waals surface area contributed by atoms with Crippen molar-refractivity contribution in [2.75, 3.05) is 18.1 Å². The topological polar surface area (TPSA) is 98.7 Å². The third-order valence-electron chi connectivity index (χ3n) is 2.95. The number of imide groups is 1. The molecule has 1 aliphatic rings. The number of aliphatic hydroxyl groups excluding tert-OH is 2. The quantitative estimate of drug-likeness (QED) is 0.561. The van der Waals surface area contributed by atoms with Gasteiger partial charge in [0.2, 0.25) is 5.91 Å². The van der Waals surface area contributed by atoms with Crippen molar-refractivity contribution in [3.8, 4) is 0 Å². The fourth-order valence-electron chi connectivity index (χ4n) is 1.97. The van der Waals surface area contributed by atoms with Crippen molar-refractivity contribution in [3.05, 3.63) is 0 Å². The Morgan fingerprint density at radius 3 is 2.58 bits per heavy atom. The second-order valence-corrected chi connectivity index (χ2v) is 5.74. The third-order valence-corrected chi connectivity index (χ3v) is 4.03. The van der Waals surface area contributed by atoms with Gasteiger partial charge in [-0.15, -0.1) is 11.8 Å². The van der Waals surface area contributed by atoms with Crippen molar-refractivity contribution in [1.82, 2.24) is 10.6 Å². The van der Waals surface area contributed by atoms with Crippen molar-refractivity contribution in [3.63, 3.8) is 0 Å². The summed E-state index contributed by atoms with van der Waals surface area (Å²) in [6, 6.07) is -0.273. The van der Waals surface area contributed by atoms with Gasteiger partial charge >= 0.3 is 6.03 Å². The van der Waals surface area contributed by atoms with E-state index in [9.17, 15) is 9.59 Å². The van der Waals surface area contributed by atoms with E-state index in [1.165, 1.54) is 18.2 Å². The van der Waals surface area contributed by atoms with Crippen LogP contribution in [0.25, 0.3) is 0 Å². The molecule has 4 N–H and O–H groups in total. The minimum atomic E-state index is -0.825. The number of amides is 3. The Kier molecular flexibility index (Phi) is 7.85. The number of hydrogen-bond donors (Lipinski definition) is 4. The summed E-state index contributed by atoms with van der Waals surface area (Å²) in [6.07, 6.45) is 4.57. The first-order valence-electron chi connectivity index (χ1n) is 6.59. The number of thioether (sulfide) groups is 1. The standard InChI is InChI=1S/C12H22N2O4S/c15-6-10(16)7-19-8-11(17)14-12(18)13-9-4-2-1-3-5-9/h9-10,15-16H,1-8H2,(H2,13,14,17,18).